The molecule has 2 heterocycles. The van der Waals surface area contributed by atoms with Gasteiger partial charge >= 0.3 is 0 Å². The van der Waals surface area contributed by atoms with Gasteiger partial charge in [-0.05, 0) is 31.1 Å². The van der Waals surface area contributed by atoms with Crippen LogP contribution in [0, 0.1) is 5.41 Å². The molecule has 1 aliphatic heterocycles. The molecule has 1 spiro atoms. The molecule has 2 aliphatic rings. The first-order chi connectivity index (χ1) is 8.70. The molecular weight excluding hydrogens is 250 g/mol. The Kier molecular flexibility index (Phi) is 3.06. The molecule has 3 rings (SSSR count). The summed E-state index contributed by atoms with van der Waals surface area (Å²) in [6.45, 7) is 1.98. The molecule has 2 fully saturated rings. The summed E-state index contributed by atoms with van der Waals surface area (Å²) >= 11 is 6.05. The van der Waals surface area contributed by atoms with Crippen LogP contribution in [0.2, 0.25) is 5.02 Å². The third kappa shape index (κ3) is 2.03. The molecular formula is C13H18ClN3O. The van der Waals surface area contributed by atoms with Gasteiger partial charge in [0.2, 0.25) is 0 Å². The van der Waals surface area contributed by atoms with Crippen molar-refractivity contribution < 1.29 is 0 Å². The fourth-order valence-corrected chi connectivity index (χ4v) is 3.65. The zero-order chi connectivity index (χ0) is 12.6. The Bertz CT molecular complexity index is 483. The Labute approximate surface area is 111 Å². The maximum atomic E-state index is 11.5. The molecule has 0 aromatic carbocycles. The van der Waals surface area contributed by atoms with Crippen molar-refractivity contribution in [2.75, 3.05) is 18.0 Å². The lowest BCUT2D eigenvalue weighted by molar-refractivity contribution is 0.226. The minimum atomic E-state index is -0.296. The Morgan fingerprint density at radius 2 is 1.89 bits per heavy atom. The fraction of sp³-hybridized carbons (Fsp3) is 0.692. The van der Waals surface area contributed by atoms with Crippen molar-refractivity contribution in [2.45, 2.75) is 38.5 Å². The summed E-state index contributed by atoms with van der Waals surface area (Å²) in [6.07, 6.45) is 9.62. The van der Waals surface area contributed by atoms with E-state index in [1.807, 2.05) is 0 Å². The van der Waals surface area contributed by atoms with Gasteiger partial charge in [0.25, 0.3) is 5.56 Å². The summed E-state index contributed by atoms with van der Waals surface area (Å²) in [4.78, 5) is 13.7. The number of halogens is 1. The SMILES string of the molecule is O=c1[nH]ncc(N2CCC3(CCCC3)CC2)c1Cl. The highest BCUT2D eigenvalue weighted by Crippen LogP contribution is 2.46. The first-order valence-electron chi connectivity index (χ1n) is 6.68. The number of aromatic nitrogens is 2. The average molecular weight is 268 g/mol. The number of hydrogen-bond acceptors (Lipinski definition) is 3. The Hall–Kier alpha value is -1.03. The van der Waals surface area contributed by atoms with Gasteiger partial charge in [0.1, 0.15) is 5.02 Å². The monoisotopic (exact) mass is 267 g/mol. The van der Waals surface area contributed by atoms with Crippen LogP contribution >= 0.6 is 11.6 Å². The number of aromatic amines is 1. The number of piperidine rings is 1. The number of hydrogen-bond donors (Lipinski definition) is 1. The van der Waals surface area contributed by atoms with E-state index in [2.05, 4.69) is 15.1 Å². The quantitative estimate of drug-likeness (QED) is 0.851. The summed E-state index contributed by atoms with van der Waals surface area (Å²) in [5.41, 5.74) is 1.07. The van der Waals surface area contributed by atoms with Crippen molar-refractivity contribution in [1.29, 1.82) is 0 Å². The summed E-state index contributed by atoms with van der Waals surface area (Å²) in [6, 6.07) is 0. The molecule has 1 saturated heterocycles. The molecule has 0 amide bonds. The molecule has 0 bridgehead atoms. The third-order valence-electron chi connectivity index (χ3n) is 4.61. The van der Waals surface area contributed by atoms with Crippen LogP contribution in [0.3, 0.4) is 0 Å². The fourth-order valence-electron chi connectivity index (χ4n) is 3.44. The van der Waals surface area contributed by atoms with Gasteiger partial charge in [0.05, 0.1) is 11.9 Å². The maximum absolute atomic E-state index is 11.5. The van der Waals surface area contributed by atoms with Gasteiger partial charge in [-0.25, -0.2) is 5.10 Å². The zero-order valence-electron chi connectivity index (χ0n) is 10.4. The van der Waals surface area contributed by atoms with E-state index < -0.39 is 0 Å². The van der Waals surface area contributed by atoms with Crippen LogP contribution in [0.25, 0.3) is 0 Å². The van der Waals surface area contributed by atoms with E-state index >= 15 is 0 Å². The van der Waals surface area contributed by atoms with Crippen LogP contribution in [0.1, 0.15) is 38.5 Å². The van der Waals surface area contributed by atoms with Gasteiger partial charge in [-0.2, -0.15) is 5.10 Å². The smallest absolute Gasteiger partial charge is 0.285 e. The molecule has 0 radical (unpaired) electrons. The lowest BCUT2D eigenvalue weighted by Crippen LogP contribution is -2.39. The van der Waals surface area contributed by atoms with E-state index in [1.165, 1.54) is 38.5 Å². The van der Waals surface area contributed by atoms with Crippen LogP contribution in [0.5, 0.6) is 0 Å². The second-order valence-electron chi connectivity index (χ2n) is 5.59. The minimum Gasteiger partial charge on any atom is -0.369 e. The van der Waals surface area contributed by atoms with Gasteiger partial charge in [-0.3, -0.25) is 4.79 Å². The van der Waals surface area contributed by atoms with E-state index in [9.17, 15) is 4.79 Å². The maximum Gasteiger partial charge on any atom is 0.285 e. The standard InChI is InChI=1S/C13H18ClN3O/c14-11-10(9-15-16-12(11)18)17-7-5-13(6-8-17)3-1-2-4-13/h9H,1-8H2,(H,16,18). The second kappa shape index (κ2) is 4.57. The first kappa shape index (κ1) is 12.0. The molecule has 4 nitrogen and oxygen atoms in total. The second-order valence-corrected chi connectivity index (χ2v) is 5.97. The highest BCUT2D eigenvalue weighted by Gasteiger charge is 2.37. The molecule has 5 heteroatoms. The Balaban J connectivity index is 1.76. The van der Waals surface area contributed by atoms with Gasteiger partial charge < -0.3 is 4.90 Å². The van der Waals surface area contributed by atoms with Crippen molar-refractivity contribution >= 4 is 17.3 Å². The van der Waals surface area contributed by atoms with Gasteiger partial charge in [0, 0.05) is 13.1 Å². The third-order valence-corrected chi connectivity index (χ3v) is 4.97. The summed E-state index contributed by atoms with van der Waals surface area (Å²) in [5, 5.41) is 6.48. The van der Waals surface area contributed by atoms with E-state index in [0.29, 0.717) is 5.41 Å². The number of nitrogens with one attached hydrogen (secondary N) is 1. The van der Waals surface area contributed by atoms with Gasteiger partial charge in [-0.15, -0.1) is 0 Å². The normalized spacial score (nSPS) is 22.6. The minimum absolute atomic E-state index is 0.271. The molecule has 0 atom stereocenters. The predicted octanol–water partition coefficient (Wildman–Crippen LogP) is 2.58. The van der Waals surface area contributed by atoms with Crippen molar-refractivity contribution in [3.8, 4) is 0 Å². The summed E-state index contributed by atoms with van der Waals surface area (Å²) in [7, 11) is 0. The van der Waals surface area contributed by atoms with Crippen LogP contribution < -0.4 is 10.5 Å². The number of anilines is 1. The first-order valence-corrected chi connectivity index (χ1v) is 7.06. The summed E-state index contributed by atoms with van der Waals surface area (Å²) < 4.78 is 0. The number of nitrogens with zero attached hydrogens (tertiary/aromatic N) is 2. The molecule has 1 aliphatic carbocycles. The van der Waals surface area contributed by atoms with E-state index in [1.54, 1.807) is 6.20 Å². The molecule has 1 N–H and O–H groups in total. The van der Waals surface area contributed by atoms with Gasteiger partial charge in [-0.1, -0.05) is 24.4 Å². The molecule has 98 valence electrons. The number of rotatable bonds is 1. The van der Waals surface area contributed by atoms with E-state index in [0.717, 1.165) is 18.8 Å². The highest BCUT2D eigenvalue weighted by molar-refractivity contribution is 6.32. The lowest BCUT2D eigenvalue weighted by atomic mass is 9.77. The number of H-pyrrole nitrogens is 1. The largest absolute Gasteiger partial charge is 0.369 e. The van der Waals surface area contributed by atoms with Crippen LogP contribution in [0.4, 0.5) is 5.69 Å². The molecule has 1 saturated carbocycles. The summed E-state index contributed by atoms with van der Waals surface area (Å²) in [5.74, 6) is 0. The van der Waals surface area contributed by atoms with Crippen molar-refractivity contribution in [2.24, 2.45) is 5.41 Å². The molecule has 1 aromatic rings. The van der Waals surface area contributed by atoms with Crippen LogP contribution in [-0.2, 0) is 0 Å². The molecule has 18 heavy (non-hydrogen) atoms. The molecule has 1 aromatic heterocycles. The zero-order valence-corrected chi connectivity index (χ0v) is 11.2. The average Bonchev–Trinajstić information content (AvgIpc) is 2.83. The molecule has 0 unspecified atom stereocenters. The predicted molar refractivity (Wildman–Crippen MR) is 72.2 cm³/mol. The van der Waals surface area contributed by atoms with Crippen LogP contribution in [-0.4, -0.2) is 23.3 Å². The Morgan fingerprint density at radius 3 is 2.56 bits per heavy atom. The van der Waals surface area contributed by atoms with Gasteiger partial charge in [0.15, 0.2) is 0 Å². The van der Waals surface area contributed by atoms with Crippen molar-refractivity contribution in [3.63, 3.8) is 0 Å². The van der Waals surface area contributed by atoms with Crippen molar-refractivity contribution in [3.05, 3.63) is 21.6 Å². The van der Waals surface area contributed by atoms with Crippen molar-refractivity contribution in [1.82, 2.24) is 10.2 Å². The Morgan fingerprint density at radius 1 is 1.22 bits per heavy atom. The lowest BCUT2D eigenvalue weighted by Gasteiger charge is -2.40. The van der Waals surface area contributed by atoms with E-state index in [-0.39, 0.29) is 10.6 Å². The topological polar surface area (TPSA) is 49.0 Å². The highest BCUT2D eigenvalue weighted by atomic mass is 35.5. The van der Waals surface area contributed by atoms with Crippen LogP contribution in [0.15, 0.2) is 11.0 Å². The van der Waals surface area contributed by atoms with E-state index in [4.69, 9.17) is 11.6 Å².